The van der Waals surface area contributed by atoms with Crippen LogP contribution in [0.3, 0.4) is 0 Å². The molecule has 132 valence electrons. The fraction of sp³-hybridized carbons (Fsp3) is 0.421. The van der Waals surface area contributed by atoms with Crippen molar-refractivity contribution in [3.05, 3.63) is 42.1 Å². The third-order valence-corrected chi connectivity index (χ3v) is 4.06. The average Bonchev–Trinajstić information content (AvgIpc) is 2.59. The van der Waals surface area contributed by atoms with Gasteiger partial charge in [-0.1, -0.05) is 18.2 Å². The zero-order chi connectivity index (χ0) is 18.0. The second-order valence-corrected chi connectivity index (χ2v) is 7.18. The summed E-state index contributed by atoms with van der Waals surface area (Å²) < 4.78 is 5.38. The van der Waals surface area contributed by atoms with Gasteiger partial charge in [0, 0.05) is 37.8 Å². The lowest BCUT2D eigenvalue weighted by molar-refractivity contribution is 0.0141. The number of rotatable bonds is 1. The number of hydrogen-bond donors (Lipinski definition) is 0. The van der Waals surface area contributed by atoms with Crippen molar-refractivity contribution in [3.63, 3.8) is 0 Å². The summed E-state index contributed by atoms with van der Waals surface area (Å²) in [5.41, 5.74) is 0.930. The van der Waals surface area contributed by atoms with Crippen LogP contribution in [-0.4, -0.2) is 58.6 Å². The third-order valence-electron chi connectivity index (χ3n) is 4.06. The van der Waals surface area contributed by atoms with Gasteiger partial charge in [-0.15, -0.1) is 0 Å². The summed E-state index contributed by atoms with van der Waals surface area (Å²) >= 11 is 0. The number of ether oxygens (including phenoxy) is 1. The van der Waals surface area contributed by atoms with Gasteiger partial charge in [0.15, 0.2) is 0 Å². The fourth-order valence-electron chi connectivity index (χ4n) is 2.79. The first-order chi connectivity index (χ1) is 11.8. The van der Waals surface area contributed by atoms with E-state index in [1.165, 1.54) is 0 Å². The number of amides is 2. The first kappa shape index (κ1) is 17.2. The highest BCUT2D eigenvalue weighted by molar-refractivity contribution is 5.97. The molecule has 1 fully saturated rings. The van der Waals surface area contributed by atoms with Crippen LogP contribution in [0.15, 0.2) is 36.5 Å². The van der Waals surface area contributed by atoms with E-state index in [9.17, 15) is 9.59 Å². The molecule has 25 heavy (non-hydrogen) atoms. The van der Waals surface area contributed by atoms with Crippen LogP contribution in [0.1, 0.15) is 31.1 Å². The van der Waals surface area contributed by atoms with E-state index in [1.807, 2.05) is 51.1 Å². The molecule has 2 heterocycles. The van der Waals surface area contributed by atoms with Gasteiger partial charge in [-0.3, -0.25) is 9.78 Å². The van der Waals surface area contributed by atoms with E-state index in [4.69, 9.17) is 4.74 Å². The van der Waals surface area contributed by atoms with Gasteiger partial charge in [-0.05, 0) is 32.9 Å². The Morgan fingerprint density at radius 1 is 1.04 bits per heavy atom. The number of piperazine rings is 1. The van der Waals surface area contributed by atoms with E-state index >= 15 is 0 Å². The molecule has 0 aliphatic carbocycles. The molecule has 0 radical (unpaired) electrons. The number of para-hydroxylation sites is 1. The predicted molar refractivity (Wildman–Crippen MR) is 95.5 cm³/mol. The molecular weight excluding hydrogens is 318 g/mol. The zero-order valence-electron chi connectivity index (χ0n) is 14.9. The van der Waals surface area contributed by atoms with E-state index in [0.29, 0.717) is 31.7 Å². The molecule has 1 aromatic carbocycles. The summed E-state index contributed by atoms with van der Waals surface area (Å²) in [4.78, 5) is 32.5. The van der Waals surface area contributed by atoms with Gasteiger partial charge in [0.25, 0.3) is 5.91 Å². The van der Waals surface area contributed by atoms with Gasteiger partial charge in [0.1, 0.15) is 5.60 Å². The van der Waals surface area contributed by atoms with Crippen molar-refractivity contribution >= 4 is 22.9 Å². The number of pyridine rings is 1. The summed E-state index contributed by atoms with van der Waals surface area (Å²) in [6, 6.07) is 9.58. The van der Waals surface area contributed by atoms with Gasteiger partial charge in [-0.25, -0.2) is 4.79 Å². The van der Waals surface area contributed by atoms with Gasteiger partial charge < -0.3 is 14.5 Å². The van der Waals surface area contributed by atoms with Crippen LogP contribution < -0.4 is 0 Å². The summed E-state index contributed by atoms with van der Waals surface area (Å²) in [7, 11) is 0. The molecular formula is C19H23N3O3. The number of aromatic nitrogens is 1. The molecule has 0 N–H and O–H groups in total. The Kier molecular flexibility index (Phi) is 4.61. The standard InChI is InChI=1S/C19H23N3O3/c1-19(2,3)25-18(24)22-10-8-21(9-11-22)17(23)15-12-14-6-4-5-7-16(14)20-13-15/h4-7,12-13H,8-11H2,1-3H3. The Balaban J connectivity index is 1.63. The van der Waals surface area contributed by atoms with Gasteiger partial charge in [0.2, 0.25) is 0 Å². The molecule has 1 aliphatic rings. The van der Waals surface area contributed by atoms with Crippen molar-refractivity contribution < 1.29 is 14.3 Å². The maximum absolute atomic E-state index is 12.7. The second-order valence-electron chi connectivity index (χ2n) is 7.18. The van der Waals surface area contributed by atoms with E-state index in [0.717, 1.165) is 10.9 Å². The maximum Gasteiger partial charge on any atom is 0.410 e. The Bertz CT molecular complexity index is 790. The first-order valence-electron chi connectivity index (χ1n) is 8.45. The third kappa shape index (κ3) is 4.07. The number of carbonyl (C=O) groups excluding carboxylic acids is 2. The largest absolute Gasteiger partial charge is 0.444 e. The minimum atomic E-state index is -0.513. The van der Waals surface area contributed by atoms with E-state index < -0.39 is 5.60 Å². The second kappa shape index (κ2) is 6.70. The molecule has 2 amide bonds. The quantitative estimate of drug-likeness (QED) is 0.800. The molecule has 2 aromatic rings. The van der Waals surface area contributed by atoms with Gasteiger partial charge in [0.05, 0.1) is 11.1 Å². The maximum atomic E-state index is 12.7. The van der Waals surface area contributed by atoms with Gasteiger partial charge >= 0.3 is 6.09 Å². The van der Waals surface area contributed by atoms with Crippen LogP contribution in [0.2, 0.25) is 0 Å². The molecule has 1 aliphatic heterocycles. The lowest BCUT2D eigenvalue weighted by atomic mass is 10.1. The monoisotopic (exact) mass is 341 g/mol. The minimum absolute atomic E-state index is 0.0536. The van der Waals surface area contributed by atoms with Crippen molar-refractivity contribution in [2.24, 2.45) is 0 Å². The molecule has 0 atom stereocenters. The van der Waals surface area contributed by atoms with Crippen molar-refractivity contribution in [1.82, 2.24) is 14.8 Å². The van der Waals surface area contributed by atoms with Crippen molar-refractivity contribution in [3.8, 4) is 0 Å². The SMILES string of the molecule is CC(C)(C)OC(=O)N1CCN(C(=O)c2cnc3ccccc3c2)CC1. The van der Waals surface area contributed by atoms with E-state index in [2.05, 4.69) is 4.98 Å². The highest BCUT2D eigenvalue weighted by Crippen LogP contribution is 2.16. The Labute approximate surface area is 147 Å². The molecule has 6 heteroatoms. The molecule has 6 nitrogen and oxygen atoms in total. The predicted octanol–water partition coefficient (Wildman–Crippen LogP) is 2.93. The summed E-state index contributed by atoms with van der Waals surface area (Å²) in [5, 5.41) is 0.945. The zero-order valence-corrected chi connectivity index (χ0v) is 14.9. The lowest BCUT2D eigenvalue weighted by Gasteiger charge is -2.35. The average molecular weight is 341 g/mol. The molecule has 1 aromatic heterocycles. The Morgan fingerprint density at radius 3 is 2.36 bits per heavy atom. The van der Waals surface area contributed by atoms with E-state index in [-0.39, 0.29) is 12.0 Å². The number of fused-ring (bicyclic) bond motifs is 1. The lowest BCUT2D eigenvalue weighted by Crippen LogP contribution is -2.51. The number of carbonyl (C=O) groups is 2. The first-order valence-corrected chi connectivity index (χ1v) is 8.45. The molecule has 1 saturated heterocycles. The highest BCUT2D eigenvalue weighted by Gasteiger charge is 2.28. The number of hydrogen-bond acceptors (Lipinski definition) is 4. The smallest absolute Gasteiger partial charge is 0.410 e. The van der Waals surface area contributed by atoms with Gasteiger partial charge in [-0.2, -0.15) is 0 Å². The van der Waals surface area contributed by atoms with Crippen LogP contribution in [0.4, 0.5) is 4.79 Å². The Hall–Kier alpha value is -2.63. The number of nitrogens with zero attached hydrogens (tertiary/aromatic N) is 3. The summed E-state index contributed by atoms with van der Waals surface area (Å²) in [6.07, 6.45) is 1.29. The van der Waals surface area contributed by atoms with Crippen LogP contribution >= 0.6 is 0 Å². The van der Waals surface area contributed by atoms with Crippen LogP contribution in [-0.2, 0) is 4.74 Å². The topological polar surface area (TPSA) is 62.7 Å². The minimum Gasteiger partial charge on any atom is -0.444 e. The Morgan fingerprint density at radius 2 is 1.68 bits per heavy atom. The van der Waals surface area contributed by atoms with Crippen LogP contribution in [0, 0.1) is 0 Å². The molecule has 0 bridgehead atoms. The van der Waals surface area contributed by atoms with Crippen LogP contribution in [0.25, 0.3) is 10.9 Å². The van der Waals surface area contributed by atoms with Crippen LogP contribution in [0.5, 0.6) is 0 Å². The van der Waals surface area contributed by atoms with Crippen molar-refractivity contribution in [2.75, 3.05) is 26.2 Å². The summed E-state index contributed by atoms with van der Waals surface area (Å²) in [5.74, 6) is -0.0536. The van der Waals surface area contributed by atoms with E-state index in [1.54, 1.807) is 16.0 Å². The highest BCUT2D eigenvalue weighted by atomic mass is 16.6. The van der Waals surface area contributed by atoms with Crippen molar-refractivity contribution in [2.45, 2.75) is 26.4 Å². The fourth-order valence-corrected chi connectivity index (χ4v) is 2.79. The molecule has 0 saturated carbocycles. The molecule has 0 unspecified atom stereocenters. The molecule has 0 spiro atoms. The normalized spacial score (nSPS) is 15.3. The molecule has 3 rings (SSSR count). The van der Waals surface area contributed by atoms with Crippen molar-refractivity contribution in [1.29, 1.82) is 0 Å². The number of benzene rings is 1. The summed E-state index contributed by atoms with van der Waals surface area (Å²) in [6.45, 7) is 7.46.